The summed E-state index contributed by atoms with van der Waals surface area (Å²) in [4.78, 5) is 4.00. The lowest BCUT2D eigenvalue weighted by Crippen LogP contribution is -2.39. The molecule has 1 heterocycles. The number of rotatable bonds is 4. The maximum atomic E-state index is 12.5. The van der Waals surface area contributed by atoms with Crippen LogP contribution in [0.3, 0.4) is 0 Å². The van der Waals surface area contributed by atoms with Crippen molar-refractivity contribution < 1.29 is 8.42 Å². The van der Waals surface area contributed by atoms with Gasteiger partial charge in [-0.2, -0.15) is 18.4 Å². The number of benzene rings is 1. The molecule has 0 saturated heterocycles. The molecule has 2 rings (SSSR count). The molecule has 0 saturated carbocycles. The minimum absolute atomic E-state index is 0.104. The Hall–Kier alpha value is -2.08. The van der Waals surface area contributed by atoms with Crippen LogP contribution in [0.4, 0.5) is 0 Å². The van der Waals surface area contributed by atoms with Crippen molar-refractivity contribution >= 4 is 31.9 Å². The molecule has 1 aromatic heterocycles. The predicted octanol–water partition coefficient (Wildman–Crippen LogP) is 3.19. The first-order valence-corrected chi connectivity index (χ1v) is 9.60. The third-order valence-corrected chi connectivity index (χ3v) is 4.70. The average Bonchev–Trinajstić information content (AvgIpc) is 2.50. The van der Waals surface area contributed by atoms with Crippen LogP contribution in [0, 0.1) is 11.3 Å². The van der Waals surface area contributed by atoms with Gasteiger partial charge in [-0.1, -0.05) is 28.1 Å². The zero-order chi connectivity index (χ0) is 18.7. The second-order valence-electron chi connectivity index (χ2n) is 6.29. The molecule has 0 aliphatic carbocycles. The van der Waals surface area contributed by atoms with Crippen molar-refractivity contribution in [2.75, 3.05) is 0 Å². The lowest BCUT2D eigenvalue weighted by atomic mass is 10.0. The van der Waals surface area contributed by atoms with E-state index in [-0.39, 0.29) is 11.4 Å². The van der Waals surface area contributed by atoms with Crippen molar-refractivity contribution in [2.24, 2.45) is 4.40 Å². The predicted molar refractivity (Wildman–Crippen MR) is 101 cm³/mol. The number of halogens is 1. The lowest BCUT2D eigenvalue weighted by Gasteiger charge is -2.19. The second-order valence-corrected chi connectivity index (χ2v) is 8.54. The Morgan fingerprint density at radius 2 is 2.00 bits per heavy atom. The maximum absolute atomic E-state index is 12.5. The van der Waals surface area contributed by atoms with E-state index in [0.717, 1.165) is 4.47 Å². The van der Waals surface area contributed by atoms with E-state index in [1.165, 1.54) is 6.20 Å². The summed E-state index contributed by atoms with van der Waals surface area (Å²) in [6, 6.07) is 12.3. The Kier molecular flexibility index (Phi) is 5.72. The van der Waals surface area contributed by atoms with Crippen LogP contribution in [-0.4, -0.2) is 24.7 Å². The summed E-state index contributed by atoms with van der Waals surface area (Å²) in [7, 11) is -3.99. The van der Waals surface area contributed by atoms with E-state index in [2.05, 4.69) is 30.0 Å². The van der Waals surface area contributed by atoms with E-state index in [0.29, 0.717) is 11.1 Å². The first kappa shape index (κ1) is 19.2. The number of hydrogen-bond acceptors (Lipinski definition) is 4. The van der Waals surface area contributed by atoms with Gasteiger partial charge in [0.15, 0.2) is 0 Å². The van der Waals surface area contributed by atoms with Gasteiger partial charge in [0.1, 0.15) is 11.8 Å². The summed E-state index contributed by atoms with van der Waals surface area (Å²) in [6.07, 6.45) is 1.47. The summed E-state index contributed by atoms with van der Waals surface area (Å²) in [5.41, 5.74) is 0.480. The van der Waals surface area contributed by atoms with Crippen LogP contribution in [-0.2, 0) is 10.2 Å². The normalized spacial score (nSPS) is 12.7. The highest BCUT2D eigenvalue weighted by Crippen LogP contribution is 2.19. The van der Waals surface area contributed by atoms with Crippen molar-refractivity contribution in [3.8, 4) is 6.07 Å². The quantitative estimate of drug-likeness (QED) is 0.767. The Morgan fingerprint density at radius 1 is 1.28 bits per heavy atom. The Balaban J connectivity index is 2.70. The highest BCUT2D eigenvalue weighted by Gasteiger charge is 2.22. The van der Waals surface area contributed by atoms with Crippen molar-refractivity contribution in [3.05, 3.63) is 63.9 Å². The molecule has 0 spiro atoms. The SMILES string of the molecule is CC(C)(C)NS(=O)(=O)N=C(c1cccc(Br)c1)c1cccnc1C#N. The molecule has 1 aromatic carbocycles. The first-order valence-electron chi connectivity index (χ1n) is 7.36. The highest BCUT2D eigenvalue weighted by molar-refractivity contribution is 9.10. The minimum atomic E-state index is -3.99. The van der Waals surface area contributed by atoms with Crippen molar-refractivity contribution in [2.45, 2.75) is 26.3 Å². The molecule has 0 atom stereocenters. The zero-order valence-electron chi connectivity index (χ0n) is 14.0. The number of nitriles is 1. The molecule has 2 aromatic rings. The van der Waals surface area contributed by atoms with Crippen molar-refractivity contribution in [1.82, 2.24) is 9.71 Å². The Morgan fingerprint density at radius 3 is 2.60 bits per heavy atom. The van der Waals surface area contributed by atoms with E-state index >= 15 is 0 Å². The lowest BCUT2D eigenvalue weighted by molar-refractivity contribution is 0.492. The standard InChI is InChI=1S/C17H17BrN4O2S/c1-17(2,3)22-25(23,24)21-16(12-6-4-7-13(18)10-12)14-8-5-9-20-15(14)11-19/h4-10,22H,1-3H3. The van der Waals surface area contributed by atoms with Crippen LogP contribution in [0.5, 0.6) is 0 Å². The van der Waals surface area contributed by atoms with Gasteiger partial charge >= 0.3 is 10.2 Å². The van der Waals surface area contributed by atoms with E-state index in [1.54, 1.807) is 51.1 Å². The van der Waals surface area contributed by atoms with Gasteiger partial charge in [-0.05, 0) is 45.0 Å². The summed E-state index contributed by atoms with van der Waals surface area (Å²) < 4.78 is 32.2. The van der Waals surface area contributed by atoms with Gasteiger partial charge < -0.3 is 0 Å². The molecule has 0 aliphatic heterocycles. The van der Waals surface area contributed by atoms with Crippen LogP contribution in [0.1, 0.15) is 37.6 Å². The largest absolute Gasteiger partial charge is 0.320 e. The summed E-state index contributed by atoms with van der Waals surface area (Å²) in [5, 5.41) is 9.31. The number of aromatic nitrogens is 1. The molecule has 0 radical (unpaired) electrons. The van der Waals surface area contributed by atoms with Crippen LogP contribution in [0.25, 0.3) is 0 Å². The van der Waals surface area contributed by atoms with Crippen LogP contribution in [0.15, 0.2) is 51.5 Å². The van der Waals surface area contributed by atoms with Gasteiger partial charge in [0, 0.05) is 27.3 Å². The minimum Gasteiger partial charge on any atom is -0.245 e. The van der Waals surface area contributed by atoms with Gasteiger partial charge in [0.05, 0.1) is 5.71 Å². The van der Waals surface area contributed by atoms with Gasteiger partial charge in [-0.15, -0.1) is 4.40 Å². The molecular weight excluding hydrogens is 404 g/mol. The maximum Gasteiger partial charge on any atom is 0.320 e. The molecule has 130 valence electrons. The topological polar surface area (TPSA) is 95.2 Å². The highest BCUT2D eigenvalue weighted by atomic mass is 79.9. The van der Waals surface area contributed by atoms with Gasteiger partial charge in [-0.3, -0.25) is 0 Å². The van der Waals surface area contributed by atoms with Crippen LogP contribution < -0.4 is 4.72 Å². The molecule has 0 fully saturated rings. The first-order chi connectivity index (χ1) is 11.6. The molecular formula is C17H17BrN4O2S. The number of pyridine rings is 1. The van der Waals surface area contributed by atoms with Gasteiger partial charge in [-0.25, -0.2) is 4.98 Å². The fraction of sp³-hybridized carbons (Fsp3) is 0.235. The molecule has 0 bridgehead atoms. The molecule has 0 amide bonds. The third-order valence-electron chi connectivity index (χ3n) is 2.91. The Labute approximate surface area is 155 Å². The molecule has 25 heavy (non-hydrogen) atoms. The molecule has 0 aliphatic rings. The number of nitrogens with one attached hydrogen (secondary N) is 1. The Bertz CT molecular complexity index is 957. The number of hydrogen-bond donors (Lipinski definition) is 1. The van der Waals surface area contributed by atoms with Crippen LogP contribution in [0.2, 0.25) is 0 Å². The summed E-state index contributed by atoms with van der Waals surface area (Å²) in [5.74, 6) is 0. The van der Waals surface area contributed by atoms with E-state index in [1.807, 2.05) is 12.1 Å². The smallest absolute Gasteiger partial charge is 0.245 e. The molecule has 6 nitrogen and oxygen atoms in total. The average molecular weight is 421 g/mol. The fourth-order valence-electron chi connectivity index (χ4n) is 2.11. The molecule has 0 unspecified atom stereocenters. The van der Waals surface area contributed by atoms with Gasteiger partial charge in [0.2, 0.25) is 0 Å². The van der Waals surface area contributed by atoms with Gasteiger partial charge in [0.25, 0.3) is 0 Å². The summed E-state index contributed by atoms with van der Waals surface area (Å²) >= 11 is 3.37. The van der Waals surface area contributed by atoms with Crippen LogP contribution >= 0.6 is 15.9 Å². The third kappa shape index (κ3) is 5.46. The van der Waals surface area contributed by atoms with Crippen molar-refractivity contribution in [3.63, 3.8) is 0 Å². The zero-order valence-corrected chi connectivity index (χ0v) is 16.4. The molecule has 1 N–H and O–H groups in total. The fourth-order valence-corrected chi connectivity index (χ4v) is 3.77. The van der Waals surface area contributed by atoms with Crippen molar-refractivity contribution in [1.29, 1.82) is 5.26 Å². The van der Waals surface area contributed by atoms with E-state index < -0.39 is 15.7 Å². The van der Waals surface area contributed by atoms with E-state index in [4.69, 9.17) is 0 Å². The summed E-state index contributed by atoms with van der Waals surface area (Å²) in [6.45, 7) is 5.18. The second kappa shape index (κ2) is 7.44. The van der Waals surface area contributed by atoms with E-state index in [9.17, 15) is 13.7 Å². The monoisotopic (exact) mass is 420 g/mol. The number of nitrogens with zero attached hydrogens (tertiary/aromatic N) is 3. The molecule has 8 heteroatoms.